The summed E-state index contributed by atoms with van der Waals surface area (Å²) in [6, 6.07) is 5.93. The normalized spacial score (nSPS) is 24.0. The van der Waals surface area contributed by atoms with Crippen molar-refractivity contribution in [2.45, 2.75) is 32.7 Å². The topological polar surface area (TPSA) is 72.3 Å². The molecule has 1 fully saturated rings. The van der Waals surface area contributed by atoms with Gasteiger partial charge in [0.05, 0.1) is 16.9 Å². The van der Waals surface area contributed by atoms with Gasteiger partial charge in [-0.05, 0) is 37.8 Å². The van der Waals surface area contributed by atoms with Gasteiger partial charge in [-0.1, -0.05) is 13.0 Å². The highest BCUT2D eigenvalue weighted by molar-refractivity contribution is 6.00. The van der Waals surface area contributed by atoms with E-state index in [1.807, 2.05) is 12.1 Å². The SMILES string of the molecule is CC1CCN(c2cccc(C(N)=O)c2N)C(C)C1. The Morgan fingerprint density at radius 2 is 2.11 bits per heavy atom. The van der Waals surface area contributed by atoms with Crippen LogP contribution >= 0.6 is 0 Å². The summed E-state index contributed by atoms with van der Waals surface area (Å²) in [5.41, 5.74) is 13.3. The molecule has 0 spiro atoms. The molecule has 98 valence electrons. The number of nitrogens with two attached hydrogens (primary N) is 2. The van der Waals surface area contributed by atoms with E-state index in [2.05, 4.69) is 18.7 Å². The fraction of sp³-hybridized carbons (Fsp3) is 0.500. The number of amides is 1. The summed E-state index contributed by atoms with van der Waals surface area (Å²) in [4.78, 5) is 13.6. The van der Waals surface area contributed by atoms with Crippen molar-refractivity contribution in [1.29, 1.82) is 0 Å². The molecule has 2 atom stereocenters. The van der Waals surface area contributed by atoms with Gasteiger partial charge >= 0.3 is 0 Å². The lowest BCUT2D eigenvalue weighted by molar-refractivity contribution is 0.100. The summed E-state index contributed by atoms with van der Waals surface area (Å²) in [7, 11) is 0. The third-order valence-electron chi connectivity index (χ3n) is 3.80. The first-order valence-corrected chi connectivity index (χ1v) is 6.45. The van der Waals surface area contributed by atoms with Crippen molar-refractivity contribution in [3.8, 4) is 0 Å². The van der Waals surface area contributed by atoms with Crippen molar-refractivity contribution in [2.75, 3.05) is 17.2 Å². The average Bonchev–Trinajstić information content (AvgIpc) is 2.30. The van der Waals surface area contributed by atoms with E-state index in [9.17, 15) is 4.79 Å². The quantitative estimate of drug-likeness (QED) is 0.785. The van der Waals surface area contributed by atoms with E-state index in [0.29, 0.717) is 17.3 Å². The maximum Gasteiger partial charge on any atom is 0.250 e. The van der Waals surface area contributed by atoms with Gasteiger partial charge in [0, 0.05) is 12.6 Å². The minimum absolute atomic E-state index is 0.415. The predicted molar refractivity (Wildman–Crippen MR) is 74.6 cm³/mol. The zero-order valence-electron chi connectivity index (χ0n) is 11.0. The molecule has 1 aliphatic rings. The second-order valence-corrected chi connectivity index (χ2v) is 5.27. The highest BCUT2D eigenvalue weighted by Gasteiger charge is 2.25. The summed E-state index contributed by atoms with van der Waals surface area (Å²) in [6.07, 6.45) is 2.31. The van der Waals surface area contributed by atoms with Crippen LogP contribution in [0, 0.1) is 5.92 Å². The van der Waals surface area contributed by atoms with Gasteiger partial charge in [-0.15, -0.1) is 0 Å². The summed E-state index contributed by atoms with van der Waals surface area (Å²) in [5, 5.41) is 0. The van der Waals surface area contributed by atoms with Crippen molar-refractivity contribution < 1.29 is 4.79 Å². The van der Waals surface area contributed by atoms with E-state index < -0.39 is 5.91 Å². The number of hydrogen-bond acceptors (Lipinski definition) is 3. The number of nitrogens with zero attached hydrogens (tertiary/aromatic N) is 1. The van der Waals surface area contributed by atoms with E-state index in [1.165, 1.54) is 0 Å². The first kappa shape index (κ1) is 12.7. The van der Waals surface area contributed by atoms with Gasteiger partial charge in [-0.2, -0.15) is 0 Å². The standard InChI is InChI=1S/C14H21N3O/c1-9-6-7-17(10(2)8-9)12-5-3-4-11(13(12)15)14(16)18/h3-5,9-10H,6-8,15H2,1-2H3,(H2,16,18). The molecule has 18 heavy (non-hydrogen) atoms. The van der Waals surface area contributed by atoms with Crippen LogP contribution in [0.15, 0.2) is 18.2 Å². The van der Waals surface area contributed by atoms with Gasteiger partial charge in [-0.3, -0.25) is 4.79 Å². The fourth-order valence-corrected chi connectivity index (χ4v) is 2.78. The zero-order valence-corrected chi connectivity index (χ0v) is 11.0. The lowest BCUT2D eigenvalue weighted by Crippen LogP contribution is -2.40. The van der Waals surface area contributed by atoms with E-state index in [-0.39, 0.29) is 0 Å². The van der Waals surface area contributed by atoms with Crippen LogP contribution in [0.4, 0.5) is 11.4 Å². The molecular weight excluding hydrogens is 226 g/mol. The number of carbonyl (C=O) groups excluding carboxylic acids is 1. The van der Waals surface area contributed by atoms with Crippen LogP contribution in [0.25, 0.3) is 0 Å². The molecule has 4 N–H and O–H groups in total. The molecule has 0 aromatic heterocycles. The van der Waals surface area contributed by atoms with E-state index in [0.717, 1.165) is 31.0 Å². The molecule has 4 nitrogen and oxygen atoms in total. The minimum atomic E-state index is -0.465. The summed E-state index contributed by atoms with van der Waals surface area (Å²) >= 11 is 0. The van der Waals surface area contributed by atoms with Crippen molar-refractivity contribution >= 4 is 17.3 Å². The van der Waals surface area contributed by atoms with Crippen LogP contribution < -0.4 is 16.4 Å². The van der Waals surface area contributed by atoms with Gasteiger partial charge < -0.3 is 16.4 Å². The Morgan fingerprint density at radius 3 is 2.72 bits per heavy atom. The molecule has 1 saturated heterocycles. The summed E-state index contributed by atoms with van der Waals surface area (Å²) in [6.45, 7) is 5.46. The summed E-state index contributed by atoms with van der Waals surface area (Å²) in [5.74, 6) is 0.282. The number of benzene rings is 1. The molecule has 1 aromatic rings. The third-order valence-corrected chi connectivity index (χ3v) is 3.80. The highest BCUT2D eigenvalue weighted by Crippen LogP contribution is 2.33. The molecule has 2 unspecified atom stereocenters. The number of nitrogen functional groups attached to an aromatic ring is 1. The maximum absolute atomic E-state index is 11.3. The average molecular weight is 247 g/mol. The van der Waals surface area contributed by atoms with Gasteiger partial charge in [-0.25, -0.2) is 0 Å². The molecule has 1 heterocycles. The van der Waals surface area contributed by atoms with Crippen LogP contribution in [-0.4, -0.2) is 18.5 Å². The van der Waals surface area contributed by atoms with Gasteiger partial charge in [0.2, 0.25) is 0 Å². The predicted octanol–water partition coefficient (Wildman–Crippen LogP) is 1.99. The Kier molecular flexibility index (Phi) is 3.45. The second kappa shape index (κ2) is 4.88. The lowest BCUT2D eigenvalue weighted by Gasteiger charge is -2.39. The Labute approximate surface area is 108 Å². The van der Waals surface area contributed by atoms with Crippen molar-refractivity contribution in [2.24, 2.45) is 11.7 Å². The number of rotatable bonds is 2. The first-order valence-electron chi connectivity index (χ1n) is 6.45. The molecule has 0 radical (unpaired) electrons. The van der Waals surface area contributed by atoms with Crippen LogP contribution in [0.1, 0.15) is 37.0 Å². The number of para-hydroxylation sites is 1. The Hall–Kier alpha value is -1.71. The minimum Gasteiger partial charge on any atom is -0.396 e. The Bertz CT molecular complexity index is 458. The molecule has 0 saturated carbocycles. The molecule has 1 amide bonds. The maximum atomic E-state index is 11.3. The van der Waals surface area contributed by atoms with Gasteiger partial charge in [0.25, 0.3) is 5.91 Å². The lowest BCUT2D eigenvalue weighted by atomic mass is 9.92. The van der Waals surface area contributed by atoms with Crippen LogP contribution in [0.2, 0.25) is 0 Å². The number of anilines is 2. The number of carbonyl (C=O) groups is 1. The fourth-order valence-electron chi connectivity index (χ4n) is 2.78. The number of piperidine rings is 1. The van der Waals surface area contributed by atoms with E-state index in [4.69, 9.17) is 11.5 Å². The smallest absolute Gasteiger partial charge is 0.250 e. The molecule has 2 rings (SSSR count). The zero-order chi connectivity index (χ0) is 13.3. The van der Waals surface area contributed by atoms with E-state index >= 15 is 0 Å². The first-order chi connectivity index (χ1) is 8.50. The number of hydrogen-bond donors (Lipinski definition) is 2. The molecular formula is C14H21N3O. The van der Waals surface area contributed by atoms with Crippen molar-refractivity contribution in [3.63, 3.8) is 0 Å². The monoisotopic (exact) mass is 247 g/mol. The van der Waals surface area contributed by atoms with Gasteiger partial charge in [0.15, 0.2) is 0 Å². The van der Waals surface area contributed by atoms with Crippen LogP contribution in [0.3, 0.4) is 0 Å². The second-order valence-electron chi connectivity index (χ2n) is 5.27. The largest absolute Gasteiger partial charge is 0.396 e. The van der Waals surface area contributed by atoms with Crippen molar-refractivity contribution in [1.82, 2.24) is 0 Å². The van der Waals surface area contributed by atoms with E-state index in [1.54, 1.807) is 6.07 Å². The Balaban J connectivity index is 2.33. The van der Waals surface area contributed by atoms with Gasteiger partial charge in [0.1, 0.15) is 0 Å². The molecule has 0 aliphatic carbocycles. The highest BCUT2D eigenvalue weighted by atomic mass is 16.1. The van der Waals surface area contributed by atoms with Crippen molar-refractivity contribution in [3.05, 3.63) is 23.8 Å². The summed E-state index contributed by atoms with van der Waals surface area (Å²) < 4.78 is 0. The van der Waals surface area contributed by atoms with Crippen LogP contribution in [0.5, 0.6) is 0 Å². The molecule has 1 aliphatic heterocycles. The number of primary amides is 1. The Morgan fingerprint density at radius 1 is 1.39 bits per heavy atom. The molecule has 4 heteroatoms. The third kappa shape index (κ3) is 2.28. The van der Waals surface area contributed by atoms with Crippen LogP contribution in [-0.2, 0) is 0 Å². The molecule has 1 aromatic carbocycles. The molecule has 0 bridgehead atoms.